The lowest BCUT2D eigenvalue weighted by atomic mass is 10.0. The van der Waals surface area contributed by atoms with Crippen molar-refractivity contribution in [2.45, 2.75) is 168 Å². The smallest absolute Gasteiger partial charge is 0.00957 e. The van der Waals surface area contributed by atoms with Crippen LogP contribution in [0.3, 0.4) is 0 Å². The predicted octanol–water partition coefficient (Wildman–Crippen LogP) is 9.68. The Labute approximate surface area is 185 Å². The maximum atomic E-state index is 2.85. The molecule has 0 N–H and O–H groups in total. The summed E-state index contributed by atoms with van der Waals surface area (Å²) in [5, 5.41) is 0. The first-order valence-electron chi connectivity index (χ1n) is 14.1. The van der Waals surface area contributed by atoms with Crippen molar-refractivity contribution >= 4 is 0 Å². The second-order valence-electron chi connectivity index (χ2n) is 9.98. The molecule has 1 atom stereocenters. The molecule has 1 fully saturated rings. The Morgan fingerprint density at radius 2 is 0.931 bits per heavy atom. The van der Waals surface area contributed by atoms with Crippen molar-refractivity contribution in [2.24, 2.45) is 0 Å². The summed E-state index contributed by atoms with van der Waals surface area (Å²) in [5.41, 5.74) is 0. The molecule has 0 aromatic carbocycles. The fourth-order valence-corrected chi connectivity index (χ4v) is 5.19. The highest BCUT2D eigenvalue weighted by Crippen LogP contribution is 2.23. The third kappa shape index (κ3) is 16.3. The summed E-state index contributed by atoms with van der Waals surface area (Å²) in [7, 11) is 0. The van der Waals surface area contributed by atoms with E-state index in [0.717, 1.165) is 6.04 Å². The van der Waals surface area contributed by atoms with Crippen molar-refractivity contribution in [3.05, 3.63) is 0 Å². The van der Waals surface area contributed by atoms with Crippen LogP contribution in [-0.4, -0.2) is 24.0 Å². The van der Waals surface area contributed by atoms with Gasteiger partial charge in [0, 0.05) is 6.04 Å². The van der Waals surface area contributed by atoms with E-state index in [4.69, 9.17) is 0 Å². The Morgan fingerprint density at radius 3 is 1.41 bits per heavy atom. The largest absolute Gasteiger partial charge is 0.300 e. The van der Waals surface area contributed by atoms with E-state index in [0.29, 0.717) is 0 Å². The molecule has 174 valence electrons. The van der Waals surface area contributed by atoms with Crippen molar-refractivity contribution in [1.29, 1.82) is 0 Å². The molecule has 0 spiro atoms. The van der Waals surface area contributed by atoms with Crippen molar-refractivity contribution < 1.29 is 0 Å². The second-order valence-corrected chi connectivity index (χ2v) is 9.98. The van der Waals surface area contributed by atoms with Crippen LogP contribution < -0.4 is 0 Å². The van der Waals surface area contributed by atoms with Crippen LogP contribution in [0.25, 0.3) is 0 Å². The number of likely N-dealkylation sites (tertiary alicyclic amines) is 1. The summed E-state index contributed by atoms with van der Waals surface area (Å²) in [6.45, 7) is 7.39. The van der Waals surface area contributed by atoms with Crippen LogP contribution in [-0.2, 0) is 0 Å². The first kappa shape index (κ1) is 27.0. The molecule has 0 bridgehead atoms. The Morgan fingerprint density at radius 1 is 0.517 bits per heavy atom. The highest BCUT2D eigenvalue weighted by atomic mass is 15.2. The molecule has 0 aromatic heterocycles. The van der Waals surface area contributed by atoms with Crippen molar-refractivity contribution in [1.82, 2.24) is 4.90 Å². The summed E-state index contributed by atoms with van der Waals surface area (Å²) < 4.78 is 0. The highest BCUT2D eigenvalue weighted by Gasteiger charge is 2.22. The lowest BCUT2D eigenvalue weighted by molar-refractivity contribution is 0.233. The quantitative estimate of drug-likeness (QED) is 0.161. The van der Waals surface area contributed by atoms with Gasteiger partial charge in [-0.05, 0) is 38.8 Å². The SMILES string of the molecule is CCCCCCCCCCCCC1CCCN1CCCCCCCCCCCC. The number of rotatable bonds is 22. The lowest BCUT2D eigenvalue weighted by Gasteiger charge is -2.24. The van der Waals surface area contributed by atoms with Gasteiger partial charge in [0.25, 0.3) is 0 Å². The van der Waals surface area contributed by atoms with Crippen molar-refractivity contribution in [3.8, 4) is 0 Å². The molecule has 0 aliphatic carbocycles. The monoisotopic (exact) mass is 407 g/mol. The summed E-state index contributed by atoms with van der Waals surface area (Å²) >= 11 is 0. The van der Waals surface area contributed by atoms with E-state index in [1.165, 1.54) is 161 Å². The fourth-order valence-electron chi connectivity index (χ4n) is 5.19. The molecule has 1 heteroatoms. The zero-order chi connectivity index (χ0) is 20.8. The molecule has 1 heterocycles. The lowest BCUT2D eigenvalue weighted by Crippen LogP contribution is -2.30. The number of unbranched alkanes of at least 4 members (excludes halogenated alkanes) is 18. The van der Waals surface area contributed by atoms with Crippen LogP contribution in [0.4, 0.5) is 0 Å². The third-order valence-electron chi connectivity index (χ3n) is 7.19. The van der Waals surface area contributed by atoms with Gasteiger partial charge < -0.3 is 4.90 Å². The van der Waals surface area contributed by atoms with Gasteiger partial charge in [0.15, 0.2) is 0 Å². The molecule has 1 nitrogen and oxygen atoms in total. The molecule has 1 aliphatic heterocycles. The standard InChI is InChI=1S/C28H57N/c1-3-5-7-9-11-13-15-17-19-21-24-28-25-23-27-29(28)26-22-20-18-16-14-12-10-8-6-4-2/h28H,3-27H2,1-2H3. The Kier molecular flexibility index (Phi) is 19.7. The maximum absolute atomic E-state index is 2.85. The van der Waals surface area contributed by atoms with Crippen LogP contribution >= 0.6 is 0 Å². The fraction of sp³-hybridized carbons (Fsp3) is 1.00. The molecule has 1 unspecified atom stereocenters. The molecule has 0 aromatic rings. The Balaban J connectivity index is 1.87. The predicted molar refractivity (Wildman–Crippen MR) is 133 cm³/mol. The third-order valence-corrected chi connectivity index (χ3v) is 7.19. The zero-order valence-electron chi connectivity index (χ0n) is 20.7. The van der Waals surface area contributed by atoms with Gasteiger partial charge in [-0.25, -0.2) is 0 Å². The van der Waals surface area contributed by atoms with E-state index >= 15 is 0 Å². The van der Waals surface area contributed by atoms with Crippen LogP contribution in [0.1, 0.15) is 162 Å². The molecule has 0 saturated carbocycles. The average Bonchev–Trinajstić information content (AvgIpc) is 3.18. The zero-order valence-corrected chi connectivity index (χ0v) is 20.7. The van der Waals surface area contributed by atoms with Gasteiger partial charge in [0.05, 0.1) is 0 Å². The van der Waals surface area contributed by atoms with Crippen LogP contribution in [0.2, 0.25) is 0 Å². The molecule has 0 amide bonds. The topological polar surface area (TPSA) is 3.24 Å². The van der Waals surface area contributed by atoms with Crippen LogP contribution in [0.15, 0.2) is 0 Å². The minimum atomic E-state index is 0.933. The van der Waals surface area contributed by atoms with Crippen LogP contribution in [0.5, 0.6) is 0 Å². The molecule has 0 radical (unpaired) electrons. The summed E-state index contributed by atoms with van der Waals surface area (Å²) in [4.78, 5) is 2.85. The molecular formula is C28H57N. The van der Waals surface area contributed by atoms with Crippen LogP contribution in [0, 0.1) is 0 Å². The van der Waals surface area contributed by atoms with Gasteiger partial charge in [-0.2, -0.15) is 0 Å². The number of hydrogen-bond donors (Lipinski definition) is 0. The summed E-state index contributed by atoms with van der Waals surface area (Å²) in [6.07, 6.45) is 33.7. The molecule has 1 rings (SSSR count). The molecule has 1 saturated heterocycles. The number of hydrogen-bond acceptors (Lipinski definition) is 1. The van der Waals surface area contributed by atoms with Gasteiger partial charge in [-0.15, -0.1) is 0 Å². The van der Waals surface area contributed by atoms with Crippen molar-refractivity contribution in [2.75, 3.05) is 13.1 Å². The van der Waals surface area contributed by atoms with E-state index < -0.39 is 0 Å². The van der Waals surface area contributed by atoms with Gasteiger partial charge in [-0.3, -0.25) is 0 Å². The molecule has 29 heavy (non-hydrogen) atoms. The van der Waals surface area contributed by atoms with E-state index in [2.05, 4.69) is 18.7 Å². The van der Waals surface area contributed by atoms with Gasteiger partial charge in [0.1, 0.15) is 0 Å². The first-order chi connectivity index (χ1) is 14.4. The first-order valence-corrected chi connectivity index (χ1v) is 14.1. The van der Waals surface area contributed by atoms with Crippen molar-refractivity contribution in [3.63, 3.8) is 0 Å². The van der Waals surface area contributed by atoms with E-state index in [-0.39, 0.29) is 0 Å². The molecule has 1 aliphatic rings. The summed E-state index contributed by atoms with van der Waals surface area (Å²) in [6, 6.07) is 0.933. The molecular weight excluding hydrogens is 350 g/mol. The Hall–Kier alpha value is -0.0400. The van der Waals surface area contributed by atoms with Gasteiger partial charge in [-0.1, -0.05) is 136 Å². The number of nitrogens with zero attached hydrogens (tertiary/aromatic N) is 1. The Bertz CT molecular complexity index is 283. The van der Waals surface area contributed by atoms with E-state index in [9.17, 15) is 0 Å². The van der Waals surface area contributed by atoms with E-state index in [1.807, 2.05) is 0 Å². The normalized spacial score (nSPS) is 17.4. The second kappa shape index (κ2) is 21.2. The maximum Gasteiger partial charge on any atom is 0.00957 e. The minimum absolute atomic E-state index is 0.933. The minimum Gasteiger partial charge on any atom is -0.300 e. The summed E-state index contributed by atoms with van der Waals surface area (Å²) in [5.74, 6) is 0. The van der Waals surface area contributed by atoms with E-state index in [1.54, 1.807) is 0 Å². The highest BCUT2D eigenvalue weighted by molar-refractivity contribution is 4.78. The van der Waals surface area contributed by atoms with Gasteiger partial charge >= 0.3 is 0 Å². The average molecular weight is 408 g/mol. The van der Waals surface area contributed by atoms with Gasteiger partial charge in [0.2, 0.25) is 0 Å².